The lowest BCUT2D eigenvalue weighted by molar-refractivity contribution is -0.151. The number of rotatable bonds is 3. The summed E-state index contributed by atoms with van der Waals surface area (Å²) in [6.45, 7) is 4.83. The summed E-state index contributed by atoms with van der Waals surface area (Å²) < 4.78 is 13.8. The van der Waals surface area contributed by atoms with Gasteiger partial charge in [-0.2, -0.15) is 0 Å². The molecular formula is C15H19ClFNO2. The third-order valence-electron chi connectivity index (χ3n) is 3.99. The molecule has 2 rings (SSSR count). The third-order valence-corrected chi connectivity index (χ3v) is 4.22. The van der Waals surface area contributed by atoms with Crippen molar-refractivity contribution in [1.82, 2.24) is 4.90 Å². The maximum atomic E-state index is 13.8. The zero-order valence-corrected chi connectivity index (χ0v) is 12.5. The fourth-order valence-electron chi connectivity index (χ4n) is 3.04. The van der Waals surface area contributed by atoms with Gasteiger partial charge in [-0.05, 0) is 43.0 Å². The molecule has 1 fully saturated rings. The summed E-state index contributed by atoms with van der Waals surface area (Å²) in [4.78, 5) is 13.4. The Kier molecular flexibility index (Phi) is 4.35. The quantitative estimate of drug-likeness (QED) is 0.928. The van der Waals surface area contributed by atoms with E-state index in [4.69, 9.17) is 11.6 Å². The van der Waals surface area contributed by atoms with Gasteiger partial charge in [0.1, 0.15) is 11.9 Å². The Hall–Kier alpha value is -1.13. The highest BCUT2D eigenvalue weighted by Crippen LogP contribution is 2.36. The first-order valence-corrected chi connectivity index (χ1v) is 7.10. The van der Waals surface area contributed by atoms with Gasteiger partial charge in [0.2, 0.25) is 0 Å². The van der Waals surface area contributed by atoms with E-state index in [1.54, 1.807) is 6.07 Å². The van der Waals surface area contributed by atoms with Gasteiger partial charge in [0.05, 0.1) is 0 Å². The molecule has 1 aliphatic heterocycles. The lowest BCUT2D eigenvalue weighted by atomic mass is 9.76. The van der Waals surface area contributed by atoms with E-state index in [2.05, 4.69) is 0 Å². The second-order valence-electron chi connectivity index (χ2n) is 6.04. The van der Waals surface area contributed by atoms with Crippen LogP contribution in [-0.4, -0.2) is 28.6 Å². The van der Waals surface area contributed by atoms with Crippen LogP contribution in [0.1, 0.15) is 32.3 Å². The molecule has 1 heterocycles. The summed E-state index contributed by atoms with van der Waals surface area (Å²) in [6.07, 6.45) is 1.78. The Morgan fingerprint density at radius 2 is 2.25 bits per heavy atom. The standard InChI is InChI=1S/C15H19ClFNO2/c1-15(2)6-3-7-18(13(15)14(19)20)9-10-8-11(16)4-5-12(10)17/h4-5,8,13H,3,6-7,9H2,1-2H3,(H,19,20). The van der Waals surface area contributed by atoms with Crippen LogP contribution < -0.4 is 0 Å². The third kappa shape index (κ3) is 3.13. The molecule has 3 nitrogen and oxygen atoms in total. The number of piperidine rings is 1. The average molecular weight is 300 g/mol. The number of aliphatic carboxylic acids is 1. The fraction of sp³-hybridized carbons (Fsp3) is 0.533. The van der Waals surface area contributed by atoms with Crippen molar-refractivity contribution >= 4 is 17.6 Å². The number of hydrogen-bond acceptors (Lipinski definition) is 2. The van der Waals surface area contributed by atoms with Gasteiger partial charge in [0.15, 0.2) is 0 Å². The molecule has 0 aliphatic carbocycles. The second kappa shape index (κ2) is 5.70. The number of carboxylic acid groups (broad SMARTS) is 1. The molecule has 0 radical (unpaired) electrons. The number of benzene rings is 1. The molecule has 0 spiro atoms. The minimum Gasteiger partial charge on any atom is -0.480 e. The SMILES string of the molecule is CC1(C)CCCN(Cc2cc(Cl)ccc2F)C1C(=O)O. The largest absolute Gasteiger partial charge is 0.480 e. The second-order valence-corrected chi connectivity index (χ2v) is 6.48. The highest BCUT2D eigenvalue weighted by molar-refractivity contribution is 6.30. The summed E-state index contributed by atoms with van der Waals surface area (Å²) in [5.74, 6) is -1.20. The van der Waals surface area contributed by atoms with Crippen LogP contribution >= 0.6 is 11.6 Å². The number of halogens is 2. The highest BCUT2D eigenvalue weighted by atomic mass is 35.5. The molecule has 1 unspecified atom stereocenters. The molecule has 5 heteroatoms. The molecule has 1 saturated heterocycles. The van der Waals surface area contributed by atoms with Crippen molar-refractivity contribution in [2.45, 2.75) is 39.3 Å². The predicted octanol–water partition coefficient (Wildman–Crippen LogP) is 3.55. The van der Waals surface area contributed by atoms with Gasteiger partial charge in [-0.1, -0.05) is 25.4 Å². The molecule has 0 bridgehead atoms. The van der Waals surface area contributed by atoms with Crippen LogP contribution in [0, 0.1) is 11.2 Å². The predicted molar refractivity (Wildman–Crippen MR) is 76.3 cm³/mol. The molecule has 0 aromatic heterocycles. The van der Waals surface area contributed by atoms with Crippen LogP contribution in [-0.2, 0) is 11.3 Å². The smallest absolute Gasteiger partial charge is 0.321 e. The summed E-state index contributed by atoms with van der Waals surface area (Å²) in [5.41, 5.74) is 0.125. The van der Waals surface area contributed by atoms with Crippen molar-refractivity contribution in [2.75, 3.05) is 6.54 Å². The Bertz CT molecular complexity index is 519. The Labute approximate surface area is 123 Å². The molecule has 0 amide bonds. The molecule has 1 aromatic rings. The van der Waals surface area contributed by atoms with Gasteiger partial charge in [-0.3, -0.25) is 9.69 Å². The van der Waals surface area contributed by atoms with E-state index in [0.717, 1.165) is 12.8 Å². The van der Waals surface area contributed by atoms with Crippen molar-refractivity contribution in [1.29, 1.82) is 0 Å². The first-order chi connectivity index (χ1) is 9.31. The maximum absolute atomic E-state index is 13.8. The average Bonchev–Trinajstić information content (AvgIpc) is 2.32. The van der Waals surface area contributed by atoms with Crippen molar-refractivity contribution in [3.05, 3.63) is 34.6 Å². The monoisotopic (exact) mass is 299 g/mol. The van der Waals surface area contributed by atoms with Gasteiger partial charge in [0.25, 0.3) is 0 Å². The van der Waals surface area contributed by atoms with Crippen molar-refractivity contribution in [2.24, 2.45) is 5.41 Å². The maximum Gasteiger partial charge on any atom is 0.321 e. The molecule has 1 atom stereocenters. The minimum absolute atomic E-state index is 0.271. The topological polar surface area (TPSA) is 40.5 Å². The van der Waals surface area contributed by atoms with Crippen molar-refractivity contribution in [3.63, 3.8) is 0 Å². The van der Waals surface area contributed by atoms with Crippen LogP contribution in [0.15, 0.2) is 18.2 Å². The fourth-order valence-corrected chi connectivity index (χ4v) is 3.24. The molecular weight excluding hydrogens is 281 g/mol. The molecule has 1 aliphatic rings. The van der Waals surface area contributed by atoms with E-state index in [0.29, 0.717) is 17.1 Å². The summed E-state index contributed by atoms with van der Waals surface area (Å²) >= 11 is 5.89. The number of carbonyl (C=O) groups is 1. The normalized spacial score (nSPS) is 22.7. The summed E-state index contributed by atoms with van der Waals surface area (Å²) in [6, 6.07) is 3.78. The van der Waals surface area contributed by atoms with E-state index >= 15 is 0 Å². The number of nitrogens with zero attached hydrogens (tertiary/aromatic N) is 1. The van der Waals surface area contributed by atoms with Crippen molar-refractivity contribution in [3.8, 4) is 0 Å². The van der Waals surface area contributed by atoms with E-state index in [-0.39, 0.29) is 17.8 Å². The summed E-state index contributed by atoms with van der Waals surface area (Å²) in [7, 11) is 0. The molecule has 110 valence electrons. The van der Waals surface area contributed by atoms with E-state index in [1.807, 2.05) is 18.7 Å². The first kappa shape index (κ1) is 15.3. The zero-order valence-electron chi connectivity index (χ0n) is 11.7. The lowest BCUT2D eigenvalue weighted by Crippen LogP contribution is -2.53. The van der Waals surface area contributed by atoms with Gasteiger partial charge >= 0.3 is 5.97 Å². The van der Waals surface area contributed by atoms with Gasteiger partial charge in [-0.25, -0.2) is 4.39 Å². The number of carboxylic acids is 1. The van der Waals surface area contributed by atoms with E-state index < -0.39 is 12.0 Å². The number of hydrogen-bond donors (Lipinski definition) is 1. The molecule has 1 aromatic carbocycles. The van der Waals surface area contributed by atoms with E-state index in [9.17, 15) is 14.3 Å². The molecule has 20 heavy (non-hydrogen) atoms. The van der Waals surface area contributed by atoms with Crippen LogP contribution in [0.5, 0.6) is 0 Å². The highest BCUT2D eigenvalue weighted by Gasteiger charge is 2.42. The summed E-state index contributed by atoms with van der Waals surface area (Å²) in [5, 5.41) is 9.95. The van der Waals surface area contributed by atoms with Gasteiger partial charge in [0, 0.05) is 17.1 Å². The van der Waals surface area contributed by atoms with Gasteiger partial charge in [-0.15, -0.1) is 0 Å². The number of likely N-dealkylation sites (tertiary alicyclic amines) is 1. The Morgan fingerprint density at radius 1 is 1.55 bits per heavy atom. The Morgan fingerprint density at radius 3 is 2.90 bits per heavy atom. The zero-order chi connectivity index (χ0) is 14.9. The Balaban J connectivity index is 2.26. The minimum atomic E-state index is -0.850. The first-order valence-electron chi connectivity index (χ1n) is 6.72. The molecule has 1 N–H and O–H groups in total. The van der Waals surface area contributed by atoms with Crippen LogP contribution in [0.3, 0.4) is 0 Å². The van der Waals surface area contributed by atoms with Crippen molar-refractivity contribution < 1.29 is 14.3 Å². The van der Waals surface area contributed by atoms with E-state index in [1.165, 1.54) is 12.1 Å². The van der Waals surface area contributed by atoms with Gasteiger partial charge < -0.3 is 5.11 Å². The van der Waals surface area contributed by atoms with Crippen LogP contribution in [0.25, 0.3) is 0 Å². The van der Waals surface area contributed by atoms with Crippen LogP contribution in [0.2, 0.25) is 5.02 Å². The molecule has 0 saturated carbocycles. The van der Waals surface area contributed by atoms with Crippen LogP contribution in [0.4, 0.5) is 4.39 Å². The lowest BCUT2D eigenvalue weighted by Gasteiger charge is -2.44.